The fourth-order valence-electron chi connectivity index (χ4n) is 0.781. The second-order valence-electron chi connectivity index (χ2n) is 2.09. The second kappa shape index (κ2) is 5.52. The molecule has 0 aromatic heterocycles. The van der Waals surface area contributed by atoms with Crippen LogP contribution in [-0.2, 0) is 11.2 Å². The molecule has 1 amide bonds. The number of nitrogens with one attached hydrogen (secondary N) is 1. The normalized spacial score (nSPS) is 8.36. The summed E-state index contributed by atoms with van der Waals surface area (Å²) in [6, 6.07) is 9.29. The molecule has 1 radical (unpaired) electrons. The van der Waals surface area contributed by atoms with Crippen LogP contribution < -0.4 is 0 Å². The van der Waals surface area contributed by atoms with Gasteiger partial charge in [0.15, 0.2) is 0 Å². The molecule has 0 heterocycles. The maximum absolute atomic E-state index is 10.3. The van der Waals surface area contributed by atoms with Gasteiger partial charge in [-0.3, -0.25) is 0 Å². The summed E-state index contributed by atoms with van der Waals surface area (Å²) in [7, 11) is 0. The first-order valence-electron chi connectivity index (χ1n) is 3.07. The van der Waals surface area contributed by atoms with Crippen molar-refractivity contribution >= 4 is 5.91 Å². The van der Waals surface area contributed by atoms with Crippen molar-refractivity contribution in [2.24, 2.45) is 0 Å². The molecule has 0 saturated carbocycles. The first-order chi connectivity index (χ1) is 4.79. The van der Waals surface area contributed by atoms with E-state index < -0.39 is 5.91 Å². The molecule has 0 aliphatic rings. The first-order valence-corrected chi connectivity index (χ1v) is 3.07. The topological polar surface area (TPSA) is 40.9 Å². The Morgan fingerprint density at radius 2 is 1.82 bits per heavy atom. The Hall–Kier alpha value is -0.115. The predicted octanol–water partition coefficient (Wildman–Crippen LogP) is 1.81. The number of amides is 1. The van der Waals surface area contributed by atoms with E-state index in [1.165, 1.54) is 0 Å². The van der Waals surface area contributed by atoms with Crippen molar-refractivity contribution in [3.63, 3.8) is 0 Å². The monoisotopic (exact) mass is 273 g/mol. The van der Waals surface area contributed by atoms with Gasteiger partial charge in [0.2, 0.25) is 0 Å². The van der Waals surface area contributed by atoms with Crippen molar-refractivity contribution in [1.29, 1.82) is 0 Å². The molecule has 3 heteroatoms. The summed E-state index contributed by atoms with van der Waals surface area (Å²) >= 11 is 0. The van der Waals surface area contributed by atoms with Crippen LogP contribution in [-0.4, -0.2) is 5.91 Å². The van der Waals surface area contributed by atoms with E-state index in [1.54, 1.807) is 0 Å². The van der Waals surface area contributed by atoms with E-state index in [0.717, 1.165) is 5.56 Å². The van der Waals surface area contributed by atoms with Gasteiger partial charge < -0.3 is 10.5 Å². The Morgan fingerprint density at radius 1 is 1.27 bits per heavy atom. The zero-order chi connectivity index (χ0) is 7.40. The van der Waals surface area contributed by atoms with E-state index in [0.29, 0.717) is 0 Å². The minimum absolute atomic E-state index is 0. The van der Waals surface area contributed by atoms with Crippen molar-refractivity contribution in [2.45, 2.75) is 6.42 Å². The Bertz CT molecular complexity index is 223. The zero-order valence-corrected chi connectivity index (χ0v) is 9.71. The van der Waals surface area contributed by atoms with Crippen molar-refractivity contribution in [3.8, 4) is 0 Å². The van der Waals surface area contributed by atoms with Crippen LogP contribution in [0.4, 0.5) is 0 Å². The molecule has 0 aliphatic carbocycles. The second-order valence-corrected chi connectivity index (χ2v) is 2.09. The molecule has 1 N–H and O–H groups in total. The third-order valence-electron chi connectivity index (χ3n) is 1.21. The molecular formula is C8H8LaNO-. The molecule has 2 nitrogen and oxygen atoms in total. The maximum atomic E-state index is 10.3. The third kappa shape index (κ3) is 4.35. The van der Waals surface area contributed by atoms with Crippen molar-refractivity contribution in [1.82, 2.24) is 0 Å². The molecule has 0 saturated heterocycles. The molecule has 0 fully saturated rings. The number of rotatable bonds is 2. The molecule has 1 aromatic rings. The van der Waals surface area contributed by atoms with Gasteiger partial charge in [0.1, 0.15) is 0 Å². The predicted molar refractivity (Wildman–Crippen MR) is 39.5 cm³/mol. The molecule has 55 valence electrons. The summed E-state index contributed by atoms with van der Waals surface area (Å²) in [5.74, 6) is -0.536. The van der Waals surface area contributed by atoms with Crippen LogP contribution in [0.3, 0.4) is 0 Å². The van der Waals surface area contributed by atoms with Gasteiger partial charge in [0, 0.05) is 42.0 Å². The van der Waals surface area contributed by atoms with E-state index in [2.05, 4.69) is 0 Å². The smallest absolute Gasteiger partial charge is 0.0532 e. The molecule has 0 aliphatic heterocycles. The average Bonchev–Trinajstić information content (AvgIpc) is 1.88. The Kier molecular flexibility index (Phi) is 5.47. The summed E-state index contributed by atoms with van der Waals surface area (Å²) in [5, 5.41) is 0. The van der Waals surface area contributed by atoms with Gasteiger partial charge in [0.05, 0.1) is 5.91 Å². The van der Waals surface area contributed by atoms with Crippen molar-refractivity contribution < 1.29 is 40.4 Å². The first kappa shape index (κ1) is 10.9. The van der Waals surface area contributed by atoms with E-state index >= 15 is 0 Å². The Morgan fingerprint density at radius 3 is 2.27 bits per heavy atom. The molecule has 0 bridgehead atoms. The average molecular weight is 273 g/mol. The SMILES string of the molecule is [La].[NH-]C(=O)Cc1ccccc1. The van der Waals surface area contributed by atoms with Gasteiger partial charge in [-0.05, 0) is 5.56 Å². The van der Waals surface area contributed by atoms with Crippen molar-refractivity contribution in [3.05, 3.63) is 41.6 Å². The largest absolute Gasteiger partial charge is 0.667 e. The van der Waals surface area contributed by atoms with Gasteiger partial charge in [-0.15, -0.1) is 0 Å². The molecule has 1 aromatic carbocycles. The van der Waals surface area contributed by atoms with Crippen LogP contribution >= 0.6 is 0 Å². The van der Waals surface area contributed by atoms with Gasteiger partial charge in [0.25, 0.3) is 0 Å². The summed E-state index contributed by atoms with van der Waals surface area (Å²) in [6.07, 6.45) is 0.223. The van der Waals surface area contributed by atoms with Crippen LogP contribution in [0.2, 0.25) is 0 Å². The maximum Gasteiger partial charge on any atom is 0.0532 e. The van der Waals surface area contributed by atoms with Gasteiger partial charge in [-0.1, -0.05) is 30.3 Å². The molecule has 0 unspecified atom stereocenters. The molecule has 0 atom stereocenters. The van der Waals surface area contributed by atoms with Crippen LogP contribution in [0.25, 0.3) is 5.73 Å². The van der Waals surface area contributed by atoms with Gasteiger partial charge in [-0.2, -0.15) is 0 Å². The standard InChI is InChI=1S/C8H9NO.La/c9-8(10)6-7-4-2-1-3-5-7;/h1-5H,6H2,(H2,9,10);/p-1. The zero-order valence-electron chi connectivity index (χ0n) is 6.08. The van der Waals surface area contributed by atoms with Crippen LogP contribution in [0.15, 0.2) is 30.3 Å². The number of carbonyl (C=O) groups excluding carboxylic acids is 1. The van der Waals surface area contributed by atoms with Crippen LogP contribution in [0.5, 0.6) is 0 Å². The van der Waals surface area contributed by atoms with Gasteiger partial charge in [-0.25, -0.2) is 0 Å². The number of hydrogen-bond acceptors (Lipinski definition) is 1. The quantitative estimate of drug-likeness (QED) is 0.810. The van der Waals surface area contributed by atoms with Crippen molar-refractivity contribution in [2.75, 3.05) is 0 Å². The Balaban J connectivity index is 0.000001000. The molecular weight excluding hydrogens is 265 g/mol. The minimum Gasteiger partial charge on any atom is -0.667 e. The number of hydrogen-bond donors (Lipinski definition) is 0. The summed E-state index contributed by atoms with van der Waals surface area (Å²) in [6.45, 7) is 0. The van der Waals surface area contributed by atoms with E-state index in [9.17, 15) is 4.79 Å². The van der Waals surface area contributed by atoms with Crippen LogP contribution in [0, 0.1) is 35.6 Å². The number of benzene rings is 1. The molecule has 0 spiro atoms. The fourth-order valence-corrected chi connectivity index (χ4v) is 0.781. The Labute approximate surface area is 93.8 Å². The fraction of sp³-hybridized carbons (Fsp3) is 0.125. The molecule has 11 heavy (non-hydrogen) atoms. The third-order valence-corrected chi connectivity index (χ3v) is 1.21. The number of carbonyl (C=O) groups is 1. The van der Waals surface area contributed by atoms with Gasteiger partial charge >= 0.3 is 0 Å². The summed E-state index contributed by atoms with van der Waals surface area (Å²) in [4.78, 5) is 10.3. The van der Waals surface area contributed by atoms with E-state index in [-0.39, 0.29) is 42.0 Å². The molecule has 1 rings (SSSR count). The van der Waals surface area contributed by atoms with E-state index in [1.807, 2.05) is 30.3 Å². The minimum atomic E-state index is -0.536. The summed E-state index contributed by atoms with van der Waals surface area (Å²) in [5.41, 5.74) is 7.58. The summed E-state index contributed by atoms with van der Waals surface area (Å²) < 4.78 is 0. The van der Waals surface area contributed by atoms with E-state index in [4.69, 9.17) is 5.73 Å². The van der Waals surface area contributed by atoms with Crippen LogP contribution in [0.1, 0.15) is 5.56 Å².